The number of rotatable bonds is 9. The Bertz CT molecular complexity index is 1150. The number of hydrogen-bond donors (Lipinski definition) is 2. The number of benzene rings is 2. The standard InChI is InChI=1S/C24H20BrClN2O3S.CH4O/c1-28(18(14-29)11-16-5-3-2-4-6-16)24(30)22(27-15-32)13-19-8-10-23(31-19)17-7-9-20(25)21(26)12-17;1-2/h2-10,12-15,18H,11H2,1H3,(H,27,32);2H,1H3/b22-13+;. The van der Waals surface area contributed by atoms with Gasteiger partial charge in [0, 0.05) is 30.3 Å². The number of nitrogens with one attached hydrogen (secondary N) is 1. The monoisotopic (exact) mass is 562 g/mol. The van der Waals surface area contributed by atoms with Crippen LogP contribution in [0.25, 0.3) is 17.4 Å². The van der Waals surface area contributed by atoms with E-state index in [1.54, 1.807) is 31.3 Å². The van der Waals surface area contributed by atoms with Crippen molar-refractivity contribution in [3.63, 3.8) is 0 Å². The molecule has 0 saturated carbocycles. The highest BCUT2D eigenvalue weighted by molar-refractivity contribution is 9.10. The molecule has 1 amide bonds. The zero-order chi connectivity index (χ0) is 25.1. The molecule has 1 aromatic heterocycles. The van der Waals surface area contributed by atoms with Crippen molar-refractivity contribution in [3.8, 4) is 11.3 Å². The highest BCUT2D eigenvalue weighted by Crippen LogP contribution is 2.30. The second-order valence-corrected chi connectivity index (χ2v) is 8.46. The van der Waals surface area contributed by atoms with Gasteiger partial charge >= 0.3 is 0 Å². The zero-order valence-electron chi connectivity index (χ0n) is 18.6. The maximum atomic E-state index is 13.1. The summed E-state index contributed by atoms with van der Waals surface area (Å²) in [7, 11) is 2.58. The van der Waals surface area contributed by atoms with Crippen molar-refractivity contribution in [2.45, 2.75) is 12.5 Å². The molecule has 0 aliphatic rings. The number of amides is 1. The van der Waals surface area contributed by atoms with Crippen molar-refractivity contribution in [2.75, 3.05) is 14.2 Å². The molecule has 3 rings (SSSR count). The molecule has 9 heteroatoms. The summed E-state index contributed by atoms with van der Waals surface area (Å²) in [6.07, 6.45) is 2.73. The summed E-state index contributed by atoms with van der Waals surface area (Å²) >= 11 is 14.4. The first-order valence-corrected chi connectivity index (χ1v) is 11.8. The van der Waals surface area contributed by atoms with Gasteiger partial charge in [-0.05, 0) is 52.2 Å². The van der Waals surface area contributed by atoms with Gasteiger partial charge in [-0.1, -0.05) is 60.2 Å². The number of likely N-dealkylation sites (N-methyl/N-ethyl adjacent to an activating group) is 1. The van der Waals surface area contributed by atoms with E-state index in [9.17, 15) is 9.59 Å². The van der Waals surface area contributed by atoms with Gasteiger partial charge in [0.05, 0.1) is 16.6 Å². The van der Waals surface area contributed by atoms with Gasteiger partial charge < -0.3 is 24.5 Å². The molecule has 3 aromatic rings. The van der Waals surface area contributed by atoms with E-state index >= 15 is 0 Å². The van der Waals surface area contributed by atoms with Gasteiger partial charge in [-0.25, -0.2) is 0 Å². The lowest BCUT2D eigenvalue weighted by atomic mass is 10.1. The molecule has 0 spiro atoms. The van der Waals surface area contributed by atoms with Crippen molar-refractivity contribution in [2.24, 2.45) is 0 Å². The molecule has 0 saturated heterocycles. The molecule has 0 bridgehead atoms. The normalized spacial score (nSPS) is 11.6. The second-order valence-electron chi connectivity index (χ2n) is 6.96. The van der Waals surface area contributed by atoms with Gasteiger partial charge in [0.2, 0.25) is 0 Å². The number of halogens is 2. The number of aliphatic hydroxyl groups excluding tert-OH is 1. The van der Waals surface area contributed by atoms with Gasteiger partial charge in [-0.3, -0.25) is 4.79 Å². The van der Waals surface area contributed by atoms with E-state index in [2.05, 4.69) is 21.2 Å². The van der Waals surface area contributed by atoms with E-state index in [1.807, 2.05) is 42.5 Å². The highest BCUT2D eigenvalue weighted by Gasteiger charge is 2.23. The summed E-state index contributed by atoms with van der Waals surface area (Å²) in [4.78, 5) is 26.2. The molecule has 1 heterocycles. The van der Waals surface area contributed by atoms with E-state index < -0.39 is 6.04 Å². The number of aldehydes is 1. The lowest BCUT2D eigenvalue weighted by Gasteiger charge is -2.25. The Hall–Kier alpha value is -2.78. The molecule has 34 heavy (non-hydrogen) atoms. The summed E-state index contributed by atoms with van der Waals surface area (Å²) in [6, 6.07) is 17.9. The fourth-order valence-electron chi connectivity index (χ4n) is 3.08. The van der Waals surface area contributed by atoms with E-state index in [4.69, 9.17) is 33.3 Å². The van der Waals surface area contributed by atoms with E-state index in [-0.39, 0.29) is 11.6 Å². The Morgan fingerprint density at radius 3 is 2.53 bits per heavy atom. The number of furan rings is 1. The van der Waals surface area contributed by atoms with Crippen LogP contribution in [0.3, 0.4) is 0 Å². The average Bonchev–Trinajstić information content (AvgIpc) is 3.33. The van der Waals surface area contributed by atoms with Crippen molar-refractivity contribution in [1.29, 1.82) is 0 Å². The molecule has 1 unspecified atom stereocenters. The van der Waals surface area contributed by atoms with Crippen LogP contribution in [0.2, 0.25) is 5.02 Å². The Morgan fingerprint density at radius 2 is 1.91 bits per heavy atom. The highest BCUT2D eigenvalue weighted by atomic mass is 79.9. The predicted octanol–water partition coefficient (Wildman–Crippen LogP) is 5.13. The maximum Gasteiger partial charge on any atom is 0.270 e. The molecule has 2 N–H and O–H groups in total. The molecular formula is C25H24BrClN2O4S. The smallest absolute Gasteiger partial charge is 0.270 e. The molecular weight excluding hydrogens is 540 g/mol. The van der Waals surface area contributed by atoms with Crippen LogP contribution in [0.1, 0.15) is 11.3 Å². The Labute approximate surface area is 217 Å². The fourth-order valence-corrected chi connectivity index (χ4v) is 3.63. The fraction of sp³-hybridized carbons (Fsp3) is 0.160. The third-order valence-corrected chi connectivity index (χ3v) is 6.18. The van der Waals surface area contributed by atoms with Crippen LogP contribution in [0.15, 0.2) is 75.3 Å². The van der Waals surface area contributed by atoms with Gasteiger partial charge in [0.1, 0.15) is 23.5 Å². The van der Waals surface area contributed by atoms with E-state index in [0.717, 1.165) is 29.0 Å². The quantitative estimate of drug-likeness (QED) is 0.213. The summed E-state index contributed by atoms with van der Waals surface area (Å²) in [5.74, 6) is 0.664. The van der Waals surface area contributed by atoms with Crippen LogP contribution in [-0.2, 0) is 16.0 Å². The Morgan fingerprint density at radius 1 is 1.21 bits per heavy atom. The number of hydrogen-bond acceptors (Lipinski definition) is 5. The molecule has 6 nitrogen and oxygen atoms in total. The summed E-state index contributed by atoms with van der Waals surface area (Å²) < 4.78 is 6.66. The first-order chi connectivity index (χ1) is 16.4. The van der Waals surface area contributed by atoms with Crippen LogP contribution in [-0.4, -0.2) is 47.9 Å². The minimum Gasteiger partial charge on any atom is -0.457 e. The van der Waals surface area contributed by atoms with Crippen LogP contribution in [0.5, 0.6) is 0 Å². The molecule has 0 aliphatic carbocycles. The number of thiocarbonyl (C=S) groups is 1. The van der Waals surface area contributed by atoms with Crippen molar-refractivity contribution >= 4 is 63.5 Å². The summed E-state index contributed by atoms with van der Waals surface area (Å²) in [5, 5.41) is 10.3. The molecule has 0 fully saturated rings. The van der Waals surface area contributed by atoms with Gasteiger partial charge in [0.25, 0.3) is 5.91 Å². The average molecular weight is 564 g/mol. The molecule has 178 valence electrons. The van der Waals surface area contributed by atoms with E-state index in [0.29, 0.717) is 23.0 Å². The minimum absolute atomic E-state index is 0.192. The predicted molar refractivity (Wildman–Crippen MR) is 143 cm³/mol. The van der Waals surface area contributed by atoms with Crippen molar-refractivity contribution < 1.29 is 19.1 Å². The van der Waals surface area contributed by atoms with E-state index in [1.165, 1.54) is 10.4 Å². The van der Waals surface area contributed by atoms with Crippen molar-refractivity contribution in [3.05, 3.63) is 87.2 Å². The number of aliphatic hydroxyl groups is 1. The lowest BCUT2D eigenvalue weighted by Crippen LogP contribution is -2.42. The minimum atomic E-state index is -0.628. The zero-order valence-corrected chi connectivity index (χ0v) is 21.7. The topological polar surface area (TPSA) is 82.8 Å². The Balaban J connectivity index is 0.00000199. The van der Waals surface area contributed by atoms with Crippen LogP contribution in [0.4, 0.5) is 0 Å². The molecule has 0 radical (unpaired) electrons. The number of carbonyl (C=O) groups excluding carboxylic acids is 2. The lowest BCUT2D eigenvalue weighted by molar-refractivity contribution is -0.131. The van der Waals surface area contributed by atoms with Gasteiger partial charge in [0.15, 0.2) is 0 Å². The first kappa shape index (κ1) is 27.5. The summed E-state index contributed by atoms with van der Waals surface area (Å²) in [5.41, 5.74) is 3.19. The SMILES string of the molecule is CN(C(=O)/C(=C\c1ccc(-c2ccc(Br)c(Cl)c2)o1)NC=S)C(C=O)Cc1ccccc1.CO. The van der Waals surface area contributed by atoms with Crippen molar-refractivity contribution in [1.82, 2.24) is 10.2 Å². The number of carbonyl (C=O) groups is 2. The third kappa shape index (κ3) is 7.36. The molecule has 2 aromatic carbocycles. The summed E-state index contributed by atoms with van der Waals surface area (Å²) in [6.45, 7) is 0. The van der Waals surface area contributed by atoms with Gasteiger partial charge in [-0.15, -0.1) is 0 Å². The van der Waals surface area contributed by atoms with Crippen LogP contribution >= 0.6 is 39.7 Å². The van der Waals surface area contributed by atoms with Gasteiger partial charge in [-0.2, -0.15) is 0 Å². The molecule has 0 aliphatic heterocycles. The first-order valence-electron chi connectivity index (χ1n) is 10.1. The Kier molecular flexibility index (Phi) is 11.2. The third-order valence-electron chi connectivity index (χ3n) is 4.82. The molecule has 1 atom stereocenters. The largest absolute Gasteiger partial charge is 0.457 e. The van der Waals surface area contributed by atoms with Crippen LogP contribution < -0.4 is 5.32 Å². The second kappa shape index (κ2) is 13.8. The maximum absolute atomic E-state index is 13.1. The number of nitrogens with zero attached hydrogens (tertiary/aromatic N) is 1. The van der Waals surface area contributed by atoms with Crippen LogP contribution in [0, 0.1) is 0 Å².